The molecule has 160 valence electrons. The number of aryl methyl sites for hydroxylation is 2. The molecule has 7 nitrogen and oxygen atoms in total. The lowest BCUT2D eigenvalue weighted by Gasteiger charge is -2.07. The average Bonchev–Trinajstić information content (AvgIpc) is 3.37. The smallest absolute Gasteiger partial charge is 0.251 e. The molecule has 0 saturated heterocycles. The van der Waals surface area contributed by atoms with Crippen molar-refractivity contribution in [3.63, 3.8) is 0 Å². The summed E-state index contributed by atoms with van der Waals surface area (Å²) in [6.45, 7) is 4.96. The molecule has 0 fully saturated rings. The second-order valence-corrected chi connectivity index (χ2v) is 7.64. The second kappa shape index (κ2) is 7.88. The van der Waals surface area contributed by atoms with Gasteiger partial charge in [0.25, 0.3) is 5.91 Å². The number of nitrogens with one attached hydrogen (secondary N) is 2. The number of amides is 1. The standard InChI is InChI=1S/C24H21FN6O/c1-3-31-24(28-18-7-9-20-17(10-18)13-27-23(20)32)29-22(30-31)15-6-8-19(21(25)11-15)16-5-4-14(2)26-12-16/h4-12H,3,13H2,1-2H3,(H,27,32)(H,28,29,30). The van der Waals surface area contributed by atoms with Crippen molar-refractivity contribution in [1.29, 1.82) is 0 Å². The Morgan fingerprint density at radius 2 is 1.91 bits per heavy atom. The van der Waals surface area contributed by atoms with Gasteiger partial charge >= 0.3 is 0 Å². The van der Waals surface area contributed by atoms with Crippen molar-refractivity contribution < 1.29 is 9.18 Å². The van der Waals surface area contributed by atoms with Gasteiger partial charge in [0.15, 0.2) is 5.82 Å². The van der Waals surface area contributed by atoms with Crippen molar-refractivity contribution in [3.8, 4) is 22.5 Å². The number of nitrogens with zero attached hydrogens (tertiary/aromatic N) is 4. The molecule has 4 aromatic rings. The lowest BCUT2D eigenvalue weighted by Crippen LogP contribution is -2.12. The minimum absolute atomic E-state index is 0.0579. The zero-order valence-electron chi connectivity index (χ0n) is 17.7. The van der Waals surface area contributed by atoms with Crippen LogP contribution in [0.2, 0.25) is 0 Å². The molecule has 1 aliphatic rings. The molecule has 3 heterocycles. The summed E-state index contributed by atoms with van der Waals surface area (Å²) in [5, 5.41) is 10.6. The highest BCUT2D eigenvalue weighted by Gasteiger charge is 2.19. The number of carbonyl (C=O) groups excluding carboxylic acids is 1. The van der Waals surface area contributed by atoms with Gasteiger partial charge in [0.05, 0.1) is 0 Å². The number of rotatable bonds is 5. The highest BCUT2D eigenvalue weighted by Crippen LogP contribution is 2.28. The minimum atomic E-state index is -0.355. The number of hydrogen-bond acceptors (Lipinski definition) is 5. The Labute approximate surface area is 184 Å². The molecule has 8 heteroatoms. The molecule has 2 N–H and O–H groups in total. The summed E-state index contributed by atoms with van der Waals surface area (Å²) in [7, 11) is 0. The van der Waals surface area contributed by atoms with E-state index in [0.717, 1.165) is 22.5 Å². The number of hydrogen-bond donors (Lipinski definition) is 2. The molecule has 0 bridgehead atoms. The van der Waals surface area contributed by atoms with Crippen LogP contribution in [0.4, 0.5) is 16.0 Å². The first-order valence-electron chi connectivity index (χ1n) is 10.4. The molecule has 0 saturated carbocycles. The molecule has 0 unspecified atom stereocenters. The van der Waals surface area contributed by atoms with Crippen molar-refractivity contribution in [2.45, 2.75) is 26.9 Å². The normalized spacial score (nSPS) is 12.5. The molecule has 0 radical (unpaired) electrons. The summed E-state index contributed by atoms with van der Waals surface area (Å²) < 4.78 is 16.6. The summed E-state index contributed by atoms with van der Waals surface area (Å²) >= 11 is 0. The number of anilines is 2. The van der Waals surface area contributed by atoms with E-state index in [0.29, 0.717) is 41.6 Å². The monoisotopic (exact) mass is 428 g/mol. The van der Waals surface area contributed by atoms with Gasteiger partial charge in [0.1, 0.15) is 5.82 Å². The van der Waals surface area contributed by atoms with E-state index in [9.17, 15) is 9.18 Å². The van der Waals surface area contributed by atoms with Gasteiger partial charge in [-0.25, -0.2) is 9.07 Å². The Bertz CT molecular complexity index is 1330. The number of benzene rings is 2. The summed E-state index contributed by atoms with van der Waals surface area (Å²) in [6, 6.07) is 14.2. The fraction of sp³-hybridized carbons (Fsp3) is 0.167. The number of fused-ring (bicyclic) bond motifs is 1. The highest BCUT2D eigenvalue weighted by molar-refractivity contribution is 5.98. The van der Waals surface area contributed by atoms with Crippen molar-refractivity contribution in [3.05, 3.63) is 77.4 Å². The van der Waals surface area contributed by atoms with Crippen LogP contribution < -0.4 is 10.6 Å². The maximum atomic E-state index is 14.9. The number of pyridine rings is 1. The van der Waals surface area contributed by atoms with E-state index in [1.54, 1.807) is 23.0 Å². The van der Waals surface area contributed by atoms with Crippen LogP contribution in [0, 0.1) is 12.7 Å². The van der Waals surface area contributed by atoms with Crippen LogP contribution in [0.15, 0.2) is 54.7 Å². The van der Waals surface area contributed by atoms with Gasteiger partial charge in [-0.1, -0.05) is 18.2 Å². The Morgan fingerprint density at radius 3 is 2.66 bits per heavy atom. The van der Waals surface area contributed by atoms with Crippen molar-refractivity contribution in [2.75, 3.05) is 5.32 Å². The second-order valence-electron chi connectivity index (χ2n) is 7.64. The summed E-state index contributed by atoms with van der Waals surface area (Å²) in [5.74, 6) is 0.565. The quantitative estimate of drug-likeness (QED) is 0.490. The SMILES string of the molecule is CCn1nc(-c2ccc(-c3ccc(C)nc3)c(F)c2)nc1Nc1ccc2c(c1)CNC2=O. The van der Waals surface area contributed by atoms with E-state index in [2.05, 4.69) is 25.7 Å². The summed E-state index contributed by atoms with van der Waals surface area (Å²) in [5.41, 5.74) is 5.10. The Kier molecular flexibility index (Phi) is 4.89. The summed E-state index contributed by atoms with van der Waals surface area (Å²) in [4.78, 5) is 20.6. The van der Waals surface area contributed by atoms with Gasteiger partial charge < -0.3 is 10.6 Å². The van der Waals surface area contributed by atoms with Crippen LogP contribution in [0.3, 0.4) is 0 Å². The number of halogens is 1. The lowest BCUT2D eigenvalue weighted by molar-refractivity contribution is 0.0966. The third kappa shape index (κ3) is 3.60. The summed E-state index contributed by atoms with van der Waals surface area (Å²) in [6.07, 6.45) is 1.67. The van der Waals surface area contributed by atoms with E-state index in [-0.39, 0.29) is 11.7 Å². The van der Waals surface area contributed by atoms with E-state index < -0.39 is 0 Å². The largest absolute Gasteiger partial charge is 0.348 e. The number of carbonyl (C=O) groups is 1. The molecule has 1 aliphatic heterocycles. The first kappa shape index (κ1) is 19.9. The third-order valence-electron chi connectivity index (χ3n) is 5.47. The molecule has 1 amide bonds. The molecular formula is C24H21FN6O. The predicted molar refractivity (Wildman–Crippen MR) is 120 cm³/mol. The van der Waals surface area contributed by atoms with Crippen molar-refractivity contribution >= 4 is 17.5 Å². The van der Waals surface area contributed by atoms with E-state index in [1.165, 1.54) is 6.07 Å². The van der Waals surface area contributed by atoms with Crippen LogP contribution in [0.25, 0.3) is 22.5 Å². The topological polar surface area (TPSA) is 84.7 Å². The molecular weight excluding hydrogens is 407 g/mol. The minimum Gasteiger partial charge on any atom is -0.348 e. The first-order valence-corrected chi connectivity index (χ1v) is 10.4. The zero-order valence-corrected chi connectivity index (χ0v) is 17.7. The zero-order chi connectivity index (χ0) is 22.2. The van der Waals surface area contributed by atoms with Gasteiger partial charge in [-0.3, -0.25) is 9.78 Å². The molecule has 0 atom stereocenters. The molecule has 2 aromatic heterocycles. The van der Waals surface area contributed by atoms with Crippen LogP contribution in [0.1, 0.15) is 28.5 Å². The fourth-order valence-corrected chi connectivity index (χ4v) is 3.73. The highest BCUT2D eigenvalue weighted by atomic mass is 19.1. The van der Waals surface area contributed by atoms with Crippen LogP contribution in [-0.2, 0) is 13.1 Å². The van der Waals surface area contributed by atoms with E-state index in [1.807, 2.05) is 44.2 Å². The van der Waals surface area contributed by atoms with E-state index >= 15 is 0 Å². The lowest BCUT2D eigenvalue weighted by atomic mass is 10.0. The van der Waals surface area contributed by atoms with Crippen LogP contribution >= 0.6 is 0 Å². The van der Waals surface area contributed by atoms with Crippen LogP contribution in [0.5, 0.6) is 0 Å². The molecule has 2 aromatic carbocycles. The number of aromatic nitrogens is 4. The van der Waals surface area contributed by atoms with Gasteiger partial charge in [-0.15, -0.1) is 5.10 Å². The predicted octanol–water partition coefficient (Wildman–Crippen LogP) is 4.46. The van der Waals surface area contributed by atoms with Gasteiger partial charge in [-0.2, -0.15) is 4.98 Å². The Morgan fingerprint density at radius 1 is 1.09 bits per heavy atom. The maximum absolute atomic E-state index is 14.9. The van der Waals surface area contributed by atoms with Crippen molar-refractivity contribution in [1.82, 2.24) is 25.1 Å². The molecule has 0 aliphatic carbocycles. The Balaban J connectivity index is 1.43. The third-order valence-corrected chi connectivity index (χ3v) is 5.47. The average molecular weight is 428 g/mol. The van der Waals surface area contributed by atoms with Gasteiger partial charge in [-0.05, 0) is 49.7 Å². The Hall–Kier alpha value is -4.07. The molecule has 5 rings (SSSR count). The first-order chi connectivity index (χ1) is 15.5. The maximum Gasteiger partial charge on any atom is 0.251 e. The van der Waals surface area contributed by atoms with Gasteiger partial charge in [0, 0.05) is 52.9 Å². The fourth-order valence-electron chi connectivity index (χ4n) is 3.73. The molecule has 0 spiro atoms. The van der Waals surface area contributed by atoms with Crippen LogP contribution in [-0.4, -0.2) is 25.7 Å². The van der Waals surface area contributed by atoms with E-state index in [4.69, 9.17) is 0 Å². The van der Waals surface area contributed by atoms with Gasteiger partial charge in [0.2, 0.25) is 5.95 Å². The van der Waals surface area contributed by atoms with Crippen molar-refractivity contribution in [2.24, 2.45) is 0 Å². The molecule has 32 heavy (non-hydrogen) atoms.